The van der Waals surface area contributed by atoms with E-state index in [1.165, 1.54) is 28.8 Å². The van der Waals surface area contributed by atoms with Gasteiger partial charge in [0.1, 0.15) is 16.7 Å². The first-order valence-corrected chi connectivity index (χ1v) is 10.0. The van der Waals surface area contributed by atoms with Crippen molar-refractivity contribution in [3.63, 3.8) is 0 Å². The molecule has 0 unspecified atom stereocenters. The van der Waals surface area contributed by atoms with Gasteiger partial charge < -0.3 is 4.90 Å². The van der Waals surface area contributed by atoms with Crippen molar-refractivity contribution >= 4 is 35.0 Å². The molecule has 126 valence electrons. The maximum Gasteiger partial charge on any atom is 0.141 e. The van der Waals surface area contributed by atoms with Crippen molar-refractivity contribution in [2.75, 3.05) is 24.0 Å². The second-order valence-corrected chi connectivity index (χ2v) is 7.00. The van der Waals surface area contributed by atoms with Gasteiger partial charge in [0.15, 0.2) is 0 Å². The molecule has 0 saturated carbocycles. The molecule has 6 heteroatoms. The third-order valence-electron chi connectivity index (χ3n) is 3.85. The van der Waals surface area contributed by atoms with Gasteiger partial charge in [0.05, 0.1) is 18.2 Å². The van der Waals surface area contributed by atoms with Crippen molar-refractivity contribution in [2.45, 2.75) is 4.90 Å². The first-order chi connectivity index (χ1) is 12.2. The van der Waals surface area contributed by atoms with Crippen molar-refractivity contribution in [1.29, 1.82) is 5.26 Å². The molecule has 0 amide bonds. The number of thioether (sulfide) groups is 2. The standard InChI is InChI=1S/C19H16FN3S2/c1-24-17-9-3-13(4-10-17)18-22-19(25-2)14(11-21)12-23(18)16-7-5-15(20)6-8-16/h3-10H,12H2,1-2H3. The summed E-state index contributed by atoms with van der Waals surface area (Å²) in [7, 11) is 0. The Bertz CT molecular complexity index is 865. The van der Waals surface area contributed by atoms with Crippen LogP contribution in [0.2, 0.25) is 0 Å². The molecule has 25 heavy (non-hydrogen) atoms. The van der Waals surface area contributed by atoms with Crippen LogP contribution in [0.15, 0.2) is 69.0 Å². The lowest BCUT2D eigenvalue weighted by atomic mass is 10.1. The lowest BCUT2D eigenvalue weighted by Gasteiger charge is -2.30. The molecule has 0 fully saturated rings. The van der Waals surface area contributed by atoms with Crippen LogP contribution in [0, 0.1) is 17.1 Å². The molecule has 0 aliphatic carbocycles. The Balaban J connectivity index is 2.09. The summed E-state index contributed by atoms with van der Waals surface area (Å²) >= 11 is 3.14. The van der Waals surface area contributed by atoms with E-state index in [1.54, 1.807) is 23.9 Å². The summed E-state index contributed by atoms with van der Waals surface area (Å²) < 4.78 is 13.3. The highest BCUT2D eigenvalue weighted by molar-refractivity contribution is 8.02. The highest BCUT2D eigenvalue weighted by Gasteiger charge is 2.24. The number of aliphatic imine (C=N–C) groups is 1. The molecule has 0 bridgehead atoms. The molecule has 1 aliphatic heterocycles. The Morgan fingerprint density at radius 1 is 1.04 bits per heavy atom. The Morgan fingerprint density at radius 3 is 2.28 bits per heavy atom. The fraction of sp³-hybridized carbons (Fsp3) is 0.158. The molecule has 2 aromatic rings. The van der Waals surface area contributed by atoms with Crippen molar-refractivity contribution in [1.82, 2.24) is 0 Å². The zero-order valence-electron chi connectivity index (χ0n) is 13.9. The average Bonchev–Trinajstić information content (AvgIpc) is 2.67. The summed E-state index contributed by atoms with van der Waals surface area (Å²) in [4.78, 5) is 7.84. The Labute approximate surface area is 155 Å². The lowest BCUT2D eigenvalue weighted by molar-refractivity contribution is 0.628. The van der Waals surface area contributed by atoms with Crippen LogP contribution in [0.1, 0.15) is 5.56 Å². The second-order valence-electron chi connectivity index (χ2n) is 5.33. The average molecular weight is 369 g/mol. The normalized spacial score (nSPS) is 14.3. The van der Waals surface area contributed by atoms with E-state index >= 15 is 0 Å². The van der Waals surface area contributed by atoms with Gasteiger partial charge in [0.25, 0.3) is 0 Å². The number of hydrogen-bond acceptors (Lipinski definition) is 5. The molecule has 1 heterocycles. The third kappa shape index (κ3) is 3.73. The predicted octanol–water partition coefficient (Wildman–Crippen LogP) is 4.91. The molecular weight excluding hydrogens is 353 g/mol. The van der Waals surface area contributed by atoms with Crippen LogP contribution in [0.5, 0.6) is 0 Å². The molecule has 0 spiro atoms. The number of amidine groups is 1. The number of benzene rings is 2. The molecule has 0 N–H and O–H groups in total. The van der Waals surface area contributed by atoms with Gasteiger partial charge in [-0.25, -0.2) is 9.38 Å². The topological polar surface area (TPSA) is 39.4 Å². The van der Waals surface area contributed by atoms with Gasteiger partial charge in [-0.3, -0.25) is 0 Å². The number of hydrogen-bond donors (Lipinski definition) is 0. The first kappa shape index (κ1) is 17.6. The van der Waals surface area contributed by atoms with E-state index in [0.29, 0.717) is 12.1 Å². The van der Waals surface area contributed by atoms with Crippen LogP contribution in [-0.4, -0.2) is 24.9 Å². The van der Waals surface area contributed by atoms with Crippen molar-refractivity contribution in [3.05, 3.63) is 70.5 Å². The van der Waals surface area contributed by atoms with Crippen molar-refractivity contribution in [2.24, 2.45) is 4.99 Å². The fourth-order valence-corrected chi connectivity index (χ4v) is 3.51. The van der Waals surface area contributed by atoms with Crippen LogP contribution < -0.4 is 4.90 Å². The van der Waals surface area contributed by atoms with Crippen molar-refractivity contribution < 1.29 is 4.39 Å². The largest absolute Gasteiger partial charge is 0.321 e. The maximum absolute atomic E-state index is 13.3. The molecule has 1 aliphatic rings. The zero-order chi connectivity index (χ0) is 17.8. The summed E-state index contributed by atoms with van der Waals surface area (Å²) in [6, 6.07) is 16.6. The molecule has 0 aromatic heterocycles. The van der Waals surface area contributed by atoms with E-state index in [4.69, 9.17) is 4.99 Å². The minimum atomic E-state index is -0.288. The van der Waals surface area contributed by atoms with Crippen LogP contribution in [0.25, 0.3) is 0 Å². The van der Waals surface area contributed by atoms with Crippen LogP contribution in [0.4, 0.5) is 10.1 Å². The van der Waals surface area contributed by atoms with Gasteiger partial charge in [-0.2, -0.15) is 5.26 Å². The van der Waals surface area contributed by atoms with Gasteiger partial charge in [-0.1, -0.05) is 12.1 Å². The highest BCUT2D eigenvalue weighted by Crippen LogP contribution is 2.30. The van der Waals surface area contributed by atoms with Gasteiger partial charge >= 0.3 is 0 Å². The molecule has 0 atom stereocenters. The highest BCUT2D eigenvalue weighted by atomic mass is 32.2. The van der Waals surface area contributed by atoms with E-state index < -0.39 is 0 Å². The Hall–Kier alpha value is -2.23. The smallest absolute Gasteiger partial charge is 0.141 e. The summed E-state index contributed by atoms with van der Waals surface area (Å²) in [5.74, 6) is 0.479. The molecule has 3 nitrogen and oxygen atoms in total. The van der Waals surface area contributed by atoms with Crippen molar-refractivity contribution in [3.8, 4) is 6.07 Å². The van der Waals surface area contributed by atoms with E-state index in [0.717, 1.165) is 22.1 Å². The number of halogens is 1. The number of rotatable bonds is 4. The van der Waals surface area contributed by atoms with E-state index in [9.17, 15) is 9.65 Å². The Kier molecular flexibility index (Phi) is 5.47. The molecule has 0 saturated heterocycles. The number of anilines is 1. The Morgan fingerprint density at radius 2 is 1.72 bits per heavy atom. The molecule has 0 radical (unpaired) electrons. The van der Waals surface area contributed by atoms with E-state index in [-0.39, 0.29) is 5.82 Å². The van der Waals surface area contributed by atoms with Gasteiger partial charge in [-0.15, -0.1) is 23.5 Å². The maximum atomic E-state index is 13.3. The van der Waals surface area contributed by atoms with Crippen LogP contribution in [0.3, 0.4) is 0 Å². The summed E-state index contributed by atoms with van der Waals surface area (Å²) in [6.07, 6.45) is 3.95. The van der Waals surface area contributed by atoms with E-state index in [2.05, 4.69) is 6.07 Å². The van der Waals surface area contributed by atoms with Gasteiger partial charge in [-0.05, 0) is 48.9 Å². The first-order valence-electron chi connectivity index (χ1n) is 7.59. The SMILES string of the molecule is CSC1=C(C#N)CN(c2ccc(F)cc2)C(c2ccc(SC)cc2)=N1. The number of nitriles is 1. The third-order valence-corrected chi connectivity index (χ3v) is 5.32. The second kappa shape index (κ2) is 7.77. The lowest BCUT2D eigenvalue weighted by Crippen LogP contribution is -2.36. The summed E-state index contributed by atoms with van der Waals surface area (Å²) in [5.41, 5.74) is 2.38. The quantitative estimate of drug-likeness (QED) is 0.718. The zero-order valence-corrected chi connectivity index (χ0v) is 15.5. The minimum Gasteiger partial charge on any atom is -0.321 e. The van der Waals surface area contributed by atoms with E-state index in [1.807, 2.05) is 41.7 Å². The van der Waals surface area contributed by atoms with Gasteiger partial charge in [0.2, 0.25) is 0 Å². The van der Waals surface area contributed by atoms with Crippen LogP contribution in [-0.2, 0) is 0 Å². The number of nitrogens with zero attached hydrogens (tertiary/aromatic N) is 3. The monoisotopic (exact) mass is 369 g/mol. The summed E-state index contributed by atoms with van der Waals surface area (Å²) in [6.45, 7) is 0.418. The summed E-state index contributed by atoms with van der Waals surface area (Å²) in [5, 5.41) is 10.2. The molecule has 2 aromatic carbocycles. The van der Waals surface area contributed by atoms with Crippen LogP contribution >= 0.6 is 23.5 Å². The minimum absolute atomic E-state index is 0.288. The van der Waals surface area contributed by atoms with Gasteiger partial charge in [0, 0.05) is 16.1 Å². The fourth-order valence-electron chi connectivity index (χ4n) is 2.57. The molecule has 3 rings (SSSR count). The molecular formula is C19H16FN3S2. The predicted molar refractivity (Wildman–Crippen MR) is 105 cm³/mol.